The molecule has 1 aromatic carbocycles. The van der Waals surface area contributed by atoms with Gasteiger partial charge in [-0.3, -0.25) is 0 Å². The average molecular weight is 310 g/mol. The van der Waals surface area contributed by atoms with Gasteiger partial charge in [-0.05, 0) is 24.6 Å². The normalized spacial score (nSPS) is 11.7. The van der Waals surface area contributed by atoms with Gasteiger partial charge in [-0.25, -0.2) is 18.5 Å². The van der Waals surface area contributed by atoms with Crippen LogP contribution < -0.4 is 5.14 Å². The molecule has 106 valence electrons. The molecule has 0 unspecified atom stereocenters. The zero-order chi connectivity index (χ0) is 14.8. The van der Waals surface area contributed by atoms with Gasteiger partial charge >= 0.3 is 0 Å². The number of nitriles is 1. The Morgan fingerprint density at radius 2 is 2.25 bits per heavy atom. The molecule has 1 heterocycles. The maximum Gasteiger partial charge on any atom is 0.238 e. The van der Waals surface area contributed by atoms with Crippen LogP contribution in [0, 0.1) is 11.3 Å². The first-order valence-electron chi connectivity index (χ1n) is 6.00. The average Bonchev–Trinajstić information content (AvgIpc) is 2.73. The lowest BCUT2D eigenvalue weighted by atomic mass is 10.3. The van der Waals surface area contributed by atoms with Gasteiger partial charge in [0.15, 0.2) is 5.16 Å². The van der Waals surface area contributed by atoms with Crippen molar-refractivity contribution >= 4 is 32.8 Å². The van der Waals surface area contributed by atoms with Crippen LogP contribution in [0.15, 0.2) is 28.3 Å². The number of benzene rings is 1. The van der Waals surface area contributed by atoms with E-state index in [9.17, 15) is 8.42 Å². The van der Waals surface area contributed by atoms with Crippen molar-refractivity contribution in [3.8, 4) is 6.07 Å². The van der Waals surface area contributed by atoms with E-state index in [1.54, 1.807) is 6.07 Å². The molecule has 8 heteroatoms. The van der Waals surface area contributed by atoms with Crippen LogP contribution in [0.3, 0.4) is 0 Å². The monoisotopic (exact) mass is 310 g/mol. The first-order chi connectivity index (χ1) is 9.47. The van der Waals surface area contributed by atoms with Gasteiger partial charge in [-0.15, -0.1) is 0 Å². The van der Waals surface area contributed by atoms with Crippen LogP contribution in [0.1, 0.15) is 13.3 Å². The smallest absolute Gasteiger partial charge is 0.238 e. The summed E-state index contributed by atoms with van der Waals surface area (Å²) in [4.78, 5) is 4.44. The third-order valence-corrected chi connectivity index (χ3v) is 4.48. The highest BCUT2D eigenvalue weighted by Gasteiger charge is 2.14. The first kappa shape index (κ1) is 14.8. The first-order valence-corrected chi connectivity index (χ1v) is 8.53. The summed E-state index contributed by atoms with van der Waals surface area (Å²) in [5, 5.41) is 14.5. The second kappa shape index (κ2) is 5.83. The molecule has 1 aromatic heterocycles. The molecule has 2 rings (SSSR count). The summed E-state index contributed by atoms with van der Waals surface area (Å²) in [6.45, 7) is 2.81. The molecule has 20 heavy (non-hydrogen) atoms. The molecule has 0 aliphatic rings. The summed E-state index contributed by atoms with van der Waals surface area (Å²) < 4.78 is 24.7. The topological polar surface area (TPSA) is 102 Å². The SMILES string of the molecule is CCCn1c(SCC#N)nc2cc(S(N)(=O)=O)ccc21. The summed E-state index contributed by atoms with van der Waals surface area (Å²) in [6, 6.07) is 6.70. The van der Waals surface area contributed by atoms with E-state index >= 15 is 0 Å². The zero-order valence-corrected chi connectivity index (χ0v) is 12.5. The van der Waals surface area contributed by atoms with Crippen LogP contribution in [-0.4, -0.2) is 23.7 Å². The van der Waals surface area contributed by atoms with Crippen molar-refractivity contribution < 1.29 is 8.42 Å². The predicted molar refractivity (Wildman–Crippen MR) is 77.7 cm³/mol. The number of fused-ring (bicyclic) bond motifs is 1. The number of aromatic nitrogens is 2. The third-order valence-electron chi connectivity index (χ3n) is 2.73. The van der Waals surface area contributed by atoms with Gasteiger partial charge in [0.1, 0.15) is 0 Å². The number of aryl methyl sites for hydroxylation is 1. The Labute approximate surface area is 121 Å². The number of nitrogens with zero attached hydrogens (tertiary/aromatic N) is 3. The molecule has 6 nitrogen and oxygen atoms in total. The van der Waals surface area contributed by atoms with Gasteiger partial charge in [-0.2, -0.15) is 5.26 Å². The van der Waals surface area contributed by atoms with Crippen molar-refractivity contribution in [2.45, 2.75) is 29.9 Å². The Morgan fingerprint density at radius 3 is 2.85 bits per heavy atom. The number of imidazole rings is 1. The van der Waals surface area contributed by atoms with Gasteiger partial charge in [0, 0.05) is 6.54 Å². The van der Waals surface area contributed by atoms with Crippen molar-refractivity contribution in [3.05, 3.63) is 18.2 Å². The Balaban J connectivity index is 2.58. The zero-order valence-electron chi connectivity index (χ0n) is 10.9. The Kier molecular flexibility index (Phi) is 4.32. The summed E-state index contributed by atoms with van der Waals surface area (Å²) in [5.41, 5.74) is 1.42. The van der Waals surface area contributed by atoms with Crippen molar-refractivity contribution in [2.24, 2.45) is 5.14 Å². The highest BCUT2D eigenvalue weighted by molar-refractivity contribution is 7.99. The van der Waals surface area contributed by atoms with E-state index in [4.69, 9.17) is 10.4 Å². The Hall–Kier alpha value is -1.56. The van der Waals surface area contributed by atoms with Gasteiger partial charge in [0.2, 0.25) is 10.0 Å². The summed E-state index contributed by atoms with van der Waals surface area (Å²) in [5.74, 6) is 0.301. The summed E-state index contributed by atoms with van der Waals surface area (Å²) in [7, 11) is -3.74. The van der Waals surface area contributed by atoms with Gasteiger partial charge in [0.05, 0.1) is 27.8 Å². The van der Waals surface area contributed by atoms with Crippen LogP contribution in [0.5, 0.6) is 0 Å². The molecular weight excluding hydrogens is 296 g/mol. The molecule has 0 amide bonds. The van der Waals surface area contributed by atoms with Crippen LogP contribution >= 0.6 is 11.8 Å². The van der Waals surface area contributed by atoms with Gasteiger partial charge < -0.3 is 4.57 Å². The quantitative estimate of drug-likeness (QED) is 0.847. The van der Waals surface area contributed by atoms with Crippen LogP contribution in [0.2, 0.25) is 0 Å². The molecule has 0 saturated carbocycles. The Morgan fingerprint density at radius 1 is 1.50 bits per heavy atom. The summed E-state index contributed by atoms with van der Waals surface area (Å²) >= 11 is 1.34. The molecular formula is C12H14N4O2S2. The standard InChI is InChI=1S/C12H14N4O2S2/c1-2-6-16-11-4-3-9(20(14,17)18)8-10(11)15-12(16)19-7-5-13/h3-4,8H,2,6-7H2,1H3,(H2,14,17,18). The van der Waals surface area contributed by atoms with Crippen LogP contribution in [-0.2, 0) is 16.6 Å². The number of rotatable bonds is 5. The van der Waals surface area contributed by atoms with E-state index in [1.807, 2.05) is 11.5 Å². The molecule has 0 bridgehead atoms. The van der Waals surface area contributed by atoms with E-state index < -0.39 is 10.0 Å². The van der Waals surface area contributed by atoms with Crippen molar-refractivity contribution in [1.82, 2.24) is 9.55 Å². The molecule has 0 spiro atoms. The minimum absolute atomic E-state index is 0.0444. The fourth-order valence-electron chi connectivity index (χ4n) is 1.91. The fourth-order valence-corrected chi connectivity index (χ4v) is 3.15. The Bertz CT molecular complexity index is 775. The van der Waals surface area contributed by atoms with Crippen LogP contribution in [0.25, 0.3) is 11.0 Å². The molecule has 0 fully saturated rings. The van der Waals surface area contributed by atoms with Crippen LogP contribution in [0.4, 0.5) is 0 Å². The second-order valence-electron chi connectivity index (χ2n) is 4.19. The number of nitrogens with two attached hydrogens (primary N) is 1. The minimum atomic E-state index is -3.74. The number of hydrogen-bond donors (Lipinski definition) is 1. The van der Waals surface area contributed by atoms with E-state index in [-0.39, 0.29) is 4.90 Å². The second-order valence-corrected chi connectivity index (χ2v) is 6.69. The molecule has 0 aliphatic heterocycles. The maximum absolute atomic E-state index is 11.4. The number of sulfonamides is 1. The van der Waals surface area contributed by atoms with Crippen molar-refractivity contribution in [3.63, 3.8) is 0 Å². The van der Waals surface area contributed by atoms with Crippen molar-refractivity contribution in [2.75, 3.05) is 5.75 Å². The molecule has 0 radical (unpaired) electrons. The third kappa shape index (κ3) is 2.95. The molecule has 0 saturated heterocycles. The van der Waals surface area contributed by atoms with Gasteiger partial charge in [-0.1, -0.05) is 18.7 Å². The van der Waals surface area contributed by atoms with E-state index in [1.165, 1.54) is 23.9 Å². The fraction of sp³-hybridized carbons (Fsp3) is 0.333. The lowest BCUT2D eigenvalue weighted by Crippen LogP contribution is -2.11. The largest absolute Gasteiger partial charge is 0.319 e. The number of hydrogen-bond acceptors (Lipinski definition) is 5. The molecule has 2 N–H and O–H groups in total. The lowest BCUT2D eigenvalue weighted by Gasteiger charge is -2.05. The van der Waals surface area contributed by atoms with E-state index in [0.29, 0.717) is 11.3 Å². The van der Waals surface area contributed by atoms with E-state index in [0.717, 1.165) is 23.6 Å². The predicted octanol–water partition coefficient (Wildman–Crippen LogP) is 1.71. The van der Waals surface area contributed by atoms with Gasteiger partial charge in [0.25, 0.3) is 0 Å². The number of thioether (sulfide) groups is 1. The van der Waals surface area contributed by atoms with Crippen molar-refractivity contribution in [1.29, 1.82) is 5.26 Å². The highest BCUT2D eigenvalue weighted by atomic mass is 32.2. The lowest BCUT2D eigenvalue weighted by molar-refractivity contribution is 0.598. The molecule has 2 aromatic rings. The molecule has 0 atom stereocenters. The molecule has 0 aliphatic carbocycles. The summed E-state index contributed by atoms with van der Waals surface area (Å²) in [6.07, 6.45) is 0.919. The highest BCUT2D eigenvalue weighted by Crippen LogP contribution is 2.26. The number of primary sulfonamides is 1. The maximum atomic E-state index is 11.4. The van der Waals surface area contributed by atoms with E-state index in [2.05, 4.69) is 11.1 Å². The minimum Gasteiger partial charge on any atom is -0.319 e.